The number of carbonyl (C=O) groups is 1. The van der Waals surface area contributed by atoms with Gasteiger partial charge in [-0.1, -0.05) is 286 Å². The van der Waals surface area contributed by atoms with E-state index in [1.165, 1.54) is 218 Å². The van der Waals surface area contributed by atoms with Crippen LogP contribution < -0.4 is 5.32 Å². The first-order chi connectivity index (χ1) is 36.5. The number of hydrogen-bond donors (Lipinski definition) is 3. The molecule has 0 aromatic heterocycles. The Kier molecular flexibility index (Phi) is 55.5. The van der Waals surface area contributed by atoms with E-state index >= 15 is 0 Å². The Morgan fingerprint density at radius 3 is 1.16 bits per heavy atom. The van der Waals surface area contributed by atoms with Crippen LogP contribution >= 0.6 is 7.82 Å². The molecule has 3 N–H and O–H groups in total. The monoisotopic (exact) mass is 1070 g/mol. The number of phosphoric ester groups is 1. The van der Waals surface area contributed by atoms with Gasteiger partial charge in [-0.25, -0.2) is 4.57 Å². The van der Waals surface area contributed by atoms with Crippen molar-refractivity contribution >= 4 is 13.7 Å². The number of hydrogen-bond acceptors (Lipinski definition) is 5. The topological polar surface area (TPSA) is 105 Å². The second kappa shape index (κ2) is 56.9. The second-order valence-electron chi connectivity index (χ2n) is 23.1. The molecule has 3 unspecified atom stereocenters. The van der Waals surface area contributed by atoms with Crippen LogP contribution in [0.2, 0.25) is 0 Å². The zero-order valence-corrected chi connectivity index (χ0v) is 51.2. The number of unbranched alkanes of at least 4 members (excludes halogenated alkanes) is 38. The van der Waals surface area contributed by atoms with Crippen LogP contribution in [0.15, 0.2) is 60.8 Å². The molecular formula is C66H126N2O6P+. The average Bonchev–Trinajstić information content (AvgIpc) is 3.37. The molecule has 0 aliphatic rings. The van der Waals surface area contributed by atoms with Crippen LogP contribution in [-0.4, -0.2) is 73.4 Å². The van der Waals surface area contributed by atoms with E-state index in [1.54, 1.807) is 6.08 Å². The molecule has 1 amide bonds. The number of likely N-dealkylation sites (N-methyl/N-ethyl adjacent to an activating group) is 1. The highest BCUT2D eigenvalue weighted by molar-refractivity contribution is 7.47. The molecule has 0 heterocycles. The van der Waals surface area contributed by atoms with Gasteiger partial charge in [0, 0.05) is 6.42 Å². The van der Waals surface area contributed by atoms with Crippen molar-refractivity contribution in [3.05, 3.63) is 60.8 Å². The number of quaternary nitrogens is 1. The summed E-state index contributed by atoms with van der Waals surface area (Å²) in [6.07, 6.45) is 77.9. The van der Waals surface area contributed by atoms with Gasteiger partial charge < -0.3 is 19.8 Å². The van der Waals surface area contributed by atoms with E-state index in [4.69, 9.17) is 9.05 Å². The summed E-state index contributed by atoms with van der Waals surface area (Å²) in [5.41, 5.74) is 0. The summed E-state index contributed by atoms with van der Waals surface area (Å²) in [5.74, 6) is -0.197. The predicted octanol–water partition coefficient (Wildman–Crippen LogP) is 20.0. The minimum Gasteiger partial charge on any atom is -0.387 e. The first-order valence-electron chi connectivity index (χ1n) is 32.2. The van der Waals surface area contributed by atoms with Crippen molar-refractivity contribution < 1.29 is 32.9 Å². The Bertz CT molecular complexity index is 1400. The predicted molar refractivity (Wildman–Crippen MR) is 327 cm³/mol. The number of phosphoric acid groups is 1. The van der Waals surface area contributed by atoms with Crippen LogP contribution in [-0.2, 0) is 18.4 Å². The first-order valence-corrected chi connectivity index (χ1v) is 33.7. The van der Waals surface area contributed by atoms with Crippen molar-refractivity contribution in [2.24, 2.45) is 0 Å². The van der Waals surface area contributed by atoms with E-state index in [1.807, 2.05) is 27.2 Å². The molecule has 0 bridgehead atoms. The highest BCUT2D eigenvalue weighted by Crippen LogP contribution is 2.43. The summed E-state index contributed by atoms with van der Waals surface area (Å²) in [6.45, 7) is 4.80. The molecule has 0 fully saturated rings. The SMILES string of the molecule is CCCCCCC/C=C\C/C=C\C/C=C\CCCCCCCCC(=O)NC(COP(=O)(O)OCC[N+](C)(C)C)C(O)/C=C/CC/C=C/CCCCCCCCCCCCCCCCCCCCCCCCCCCC. The van der Waals surface area contributed by atoms with E-state index < -0.39 is 20.0 Å². The van der Waals surface area contributed by atoms with Gasteiger partial charge in [-0.3, -0.25) is 13.8 Å². The molecule has 0 rings (SSSR count). The van der Waals surface area contributed by atoms with E-state index in [0.29, 0.717) is 17.4 Å². The quantitative estimate of drug-likeness (QED) is 0.0243. The molecule has 0 spiro atoms. The number of aliphatic hydroxyl groups excluding tert-OH is 1. The third-order valence-corrected chi connectivity index (χ3v) is 15.4. The molecule has 440 valence electrons. The largest absolute Gasteiger partial charge is 0.472 e. The normalized spacial score (nSPS) is 14.2. The second-order valence-corrected chi connectivity index (χ2v) is 24.6. The van der Waals surface area contributed by atoms with Gasteiger partial charge in [0.25, 0.3) is 0 Å². The van der Waals surface area contributed by atoms with Gasteiger partial charge in [-0.15, -0.1) is 0 Å². The summed E-state index contributed by atoms with van der Waals surface area (Å²) < 4.78 is 23.7. The lowest BCUT2D eigenvalue weighted by Crippen LogP contribution is -2.45. The smallest absolute Gasteiger partial charge is 0.387 e. The Labute approximate surface area is 466 Å². The Balaban J connectivity index is 4.16. The maximum absolute atomic E-state index is 13.0. The van der Waals surface area contributed by atoms with Crippen LogP contribution in [0.5, 0.6) is 0 Å². The van der Waals surface area contributed by atoms with Crippen LogP contribution in [0.25, 0.3) is 0 Å². The summed E-state index contributed by atoms with van der Waals surface area (Å²) >= 11 is 0. The molecule has 9 heteroatoms. The first kappa shape index (κ1) is 73.2. The zero-order chi connectivity index (χ0) is 54.9. The molecule has 0 aliphatic heterocycles. The average molecular weight is 1070 g/mol. The molecule has 3 atom stereocenters. The summed E-state index contributed by atoms with van der Waals surface area (Å²) in [4.78, 5) is 23.3. The van der Waals surface area contributed by atoms with Crippen molar-refractivity contribution in [2.75, 3.05) is 40.9 Å². The molecule has 8 nitrogen and oxygen atoms in total. The van der Waals surface area contributed by atoms with E-state index in [0.717, 1.165) is 64.2 Å². The highest BCUT2D eigenvalue weighted by Gasteiger charge is 2.27. The maximum Gasteiger partial charge on any atom is 0.472 e. The molecule has 0 aromatic rings. The highest BCUT2D eigenvalue weighted by atomic mass is 31.2. The minimum absolute atomic E-state index is 0.0515. The summed E-state index contributed by atoms with van der Waals surface area (Å²) in [5, 5.41) is 13.9. The van der Waals surface area contributed by atoms with Crippen LogP contribution in [0.1, 0.15) is 303 Å². The lowest BCUT2D eigenvalue weighted by atomic mass is 10.0. The number of amides is 1. The van der Waals surface area contributed by atoms with Crippen LogP contribution in [0, 0.1) is 0 Å². The fraction of sp³-hybridized carbons (Fsp3) is 0.833. The fourth-order valence-corrected chi connectivity index (χ4v) is 10.2. The van der Waals surface area contributed by atoms with Crippen LogP contribution in [0.3, 0.4) is 0 Å². The zero-order valence-electron chi connectivity index (χ0n) is 50.3. The molecule has 0 radical (unpaired) electrons. The van der Waals surface area contributed by atoms with E-state index in [2.05, 4.69) is 67.8 Å². The molecule has 0 aliphatic carbocycles. The van der Waals surface area contributed by atoms with Gasteiger partial charge in [-0.2, -0.15) is 0 Å². The Morgan fingerprint density at radius 1 is 0.453 bits per heavy atom. The number of nitrogens with zero attached hydrogens (tertiary/aromatic N) is 1. The molecular weight excluding hydrogens is 948 g/mol. The number of rotatable bonds is 59. The van der Waals surface area contributed by atoms with Gasteiger partial charge in [0.05, 0.1) is 39.9 Å². The van der Waals surface area contributed by atoms with Crippen molar-refractivity contribution in [3.63, 3.8) is 0 Å². The number of nitrogens with one attached hydrogen (secondary N) is 1. The number of aliphatic hydroxyl groups is 1. The summed E-state index contributed by atoms with van der Waals surface area (Å²) in [7, 11) is 1.55. The lowest BCUT2D eigenvalue weighted by molar-refractivity contribution is -0.870. The van der Waals surface area contributed by atoms with Gasteiger partial charge >= 0.3 is 7.82 Å². The Hall–Kier alpha value is -1.80. The van der Waals surface area contributed by atoms with Crippen molar-refractivity contribution in [3.8, 4) is 0 Å². The van der Waals surface area contributed by atoms with Gasteiger partial charge in [0.2, 0.25) is 5.91 Å². The van der Waals surface area contributed by atoms with Gasteiger partial charge in [0.1, 0.15) is 13.2 Å². The van der Waals surface area contributed by atoms with Crippen molar-refractivity contribution in [1.29, 1.82) is 0 Å². The standard InChI is InChI=1S/C66H125N2O6P/c1-6-8-10-12-14-16-18-20-22-24-26-28-29-30-31-32-33-34-35-36-37-38-40-41-43-45-47-49-51-53-55-57-59-65(69)64(63-74-75(71,72)73-62-61-68(3,4)5)67-66(70)60-58-56-54-52-50-48-46-44-42-39-27-25-23-21-19-17-15-13-11-9-7-2/h19,21,25,27,42,44,49,51,57,59,64-65,69H,6-18,20,22-24,26,28-41,43,45-48,50,52-56,58,60-63H2,1-5H3,(H-,67,70,71,72)/p+1/b21-19-,27-25-,44-42-,51-49+,59-57+. The van der Waals surface area contributed by atoms with Crippen LogP contribution in [0.4, 0.5) is 0 Å². The number of carbonyl (C=O) groups excluding carboxylic acids is 1. The Morgan fingerprint density at radius 2 is 0.773 bits per heavy atom. The summed E-state index contributed by atoms with van der Waals surface area (Å²) in [6, 6.07) is -0.875. The molecule has 0 saturated heterocycles. The minimum atomic E-state index is -4.37. The fourth-order valence-electron chi connectivity index (χ4n) is 9.42. The maximum atomic E-state index is 13.0. The van der Waals surface area contributed by atoms with E-state index in [9.17, 15) is 19.4 Å². The van der Waals surface area contributed by atoms with Gasteiger partial charge in [-0.05, 0) is 70.6 Å². The number of allylic oxidation sites excluding steroid dienone is 9. The van der Waals surface area contributed by atoms with Crippen molar-refractivity contribution in [1.82, 2.24) is 5.32 Å². The van der Waals surface area contributed by atoms with E-state index in [-0.39, 0.29) is 19.1 Å². The van der Waals surface area contributed by atoms with Crippen molar-refractivity contribution in [2.45, 2.75) is 315 Å². The third kappa shape index (κ3) is 59.7. The van der Waals surface area contributed by atoms with Gasteiger partial charge in [0.15, 0.2) is 0 Å². The molecule has 75 heavy (non-hydrogen) atoms. The lowest BCUT2D eigenvalue weighted by Gasteiger charge is -2.25. The third-order valence-electron chi connectivity index (χ3n) is 14.5. The molecule has 0 saturated carbocycles. The molecule has 0 aromatic carbocycles.